The highest BCUT2D eigenvalue weighted by Gasteiger charge is 2.13. The van der Waals surface area contributed by atoms with Gasteiger partial charge in [0.1, 0.15) is 5.82 Å². The molecule has 2 aromatic carbocycles. The molecular formula is C15H14Br2FN. The zero-order valence-electron chi connectivity index (χ0n) is 10.5. The summed E-state index contributed by atoms with van der Waals surface area (Å²) >= 11 is 6.94. The van der Waals surface area contributed by atoms with Crippen molar-refractivity contribution in [1.82, 2.24) is 0 Å². The van der Waals surface area contributed by atoms with Gasteiger partial charge >= 0.3 is 0 Å². The van der Waals surface area contributed by atoms with Crippen LogP contribution in [0.4, 0.5) is 4.39 Å². The first kappa shape index (κ1) is 14.7. The number of halogens is 3. The van der Waals surface area contributed by atoms with Crippen LogP contribution in [0.2, 0.25) is 0 Å². The molecule has 0 saturated heterocycles. The summed E-state index contributed by atoms with van der Waals surface area (Å²) in [6.07, 6.45) is 0.610. The van der Waals surface area contributed by atoms with Crippen LogP contribution in [-0.2, 0) is 6.42 Å². The Balaban J connectivity index is 2.27. The van der Waals surface area contributed by atoms with Crippen molar-refractivity contribution in [2.24, 2.45) is 5.73 Å². The standard InChI is InChI=1S/C15H14Br2FN/c1-9-2-4-12(18)6-10(9)7-15(19)13-8-11(16)3-5-14(13)17/h2-6,8,15H,7,19H2,1H3. The van der Waals surface area contributed by atoms with Crippen LogP contribution in [0.1, 0.15) is 22.7 Å². The van der Waals surface area contributed by atoms with Gasteiger partial charge in [-0.15, -0.1) is 0 Å². The molecule has 2 rings (SSSR count). The van der Waals surface area contributed by atoms with Crippen LogP contribution in [0.15, 0.2) is 45.3 Å². The second kappa shape index (κ2) is 6.16. The minimum Gasteiger partial charge on any atom is -0.324 e. The van der Waals surface area contributed by atoms with Gasteiger partial charge in [0.25, 0.3) is 0 Å². The summed E-state index contributed by atoms with van der Waals surface area (Å²) in [4.78, 5) is 0. The fraction of sp³-hybridized carbons (Fsp3) is 0.200. The van der Waals surface area contributed by atoms with Crippen molar-refractivity contribution in [3.63, 3.8) is 0 Å². The number of rotatable bonds is 3. The molecular weight excluding hydrogens is 373 g/mol. The summed E-state index contributed by atoms with van der Waals surface area (Å²) in [5.41, 5.74) is 9.26. The Bertz CT molecular complexity index is 599. The largest absolute Gasteiger partial charge is 0.324 e. The van der Waals surface area contributed by atoms with E-state index in [2.05, 4.69) is 31.9 Å². The maximum absolute atomic E-state index is 13.3. The van der Waals surface area contributed by atoms with Crippen LogP contribution >= 0.6 is 31.9 Å². The van der Waals surface area contributed by atoms with Gasteiger partial charge in [-0.05, 0) is 60.4 Å². The maximum Gasteiger partial charge on any atom is 0.123 e. The fourth-order valence-electron chi connectivity index (χ4n) is 2.01. The average molecular weight is 387 g/mol. The Kier molecular flexibility index (Phi) is 4.76. The highest BCUT2D eigenvalue weighted by atomic mass is 79.9. The van der Waals surface area contributed by atoms with Gasteiger partial charge in [-0.3, -0.25) is 0 Å². The molecule has 2 N–H and O–H groups in total. The Labute approximate surface area is 129 Å². The van der Waals surface area contributed by atoms with Crippen molar-refractivity contribution in [1.29, 1.82) is 0 Å². The summed E-state index contributed by atoms with van der Waals surface area (Å²) in [6, 6.07) is 10.5. The predicted molar refractivity (Wildman–Crippen MR) is 83.6 cm³/mol. The zero-order chi connectivity index (χ0) is 14.0. The molecule has 4 heteroatoms. The normalized spacial score (nSPS) is 12.5. The number of nitrogens with two attached hydrogens (primary N) is 1. The molecule has 0 spiro atoms. The summed E-state index contributed by atoms with van der Waals surface area (Å²) < 4.78 is 15.2. The van der Waals surface area contributed by atoms with Crippen molar-refractivity contribution in [3.8, 4) is 0 Å². The van der Waals surface area contributed by atoms with E-state index in [0.29, 0.717) is 6.42 Å². The van der Waals surface area contributed by atoms with Gasteiger partial charge in [-0.1, -0.05) is 37.9 Å². The summed E-state index contributed by atoms with van der Waals surface area (Å²) in [6.45, 7) is 1.97. The van der Waals surface area contributed by atoms with E-state index in [9.17, 15) is 4.39 Å². The molecule has 100 valence electrons. The third-order valence-electron chi connectivity index (χ3n) is 3.11. The van der Waals surface area contributed by atoms with Gasteiger partial charge in [0.2, 0.25) is 0 Å². The molecule has 0 amide bonds. The first-order valence-corrected chi connectivity index (χ1v) is 7.51. The molecule has 0 aliphatic carbocycles. The van der Waals surface area contributed by atoms with Crippen LogP contribution in [0.25, 0.3) is 0 Å². The molecule has 2 aromatic rings. The predicted octanol–water partition coefficient (Wildman–Crippen LogP) is 4.90. The van der Waals surface area contributed by atoms with E-state index in [1.54, 1.807) is 12.1 Å². The molecule has 0 aromatic heterocycles. The Morgan fingerprint density at radius 1 is 1.16 bits per heavy atom. The Morgan fingerprint density at radius 3 is 2.63 bits per heavy atom. The van der Waals surface area contributed by atoms with Gasteiger partial charge in [0, 0.05) is 15.0 Å². The van der Waals surface area contributed by atoms with Crippen LogP contribution in [-0.4, -0.2) is 0 Å². The van der Waals surface area contributed by atoms with E-state index >= 15 is 0 Å². The monoisotopic (exact) mass is 385 g/mol. The minimum atomic E-state index is -0.221. The lowest BCUT2D eigenvalue weighted by Gasteiger charge is -2.16. The lowest BCUT2D eigenvalue weighted by Crippen LogP contribution is -2.14. The molecule has 19 heavy (non-hydrogen) atoms. The van der Waals surface area contributed by atoms with Crippen molar-refractivity contribution in [2.45, 2.75) is 19.4 Å². The van der Waals surface area contributed by atoms with Gasteiger partial charge in [0.15, 0.2) is 0 Å². The smallest absolute Gasteiger partial charge is 0.123 e. The van der Waals surface area contributed by atoms with Crippen LogP contribution in [0.3, 0.4) is 0 Å². The summed E-state index contributed by atoms with van der Waals surface area (Å²) in [5.74, 6) is -0.221. The highest BCUT2D eigenvalue weighted by molar-refractivity contribution is 9.11. The Morgan fingerprint density at radius 2 is 1.89 bits per heavy atom. The third-order valence-corrected chi connectivity index (χ3v) is 4.32. The second-order valence-electron chi connectivity index (χ2n) is 4.55. The quantitative estimate of drug-likeness (QED) is 0.797. The lowest BCUT2D eigenvalue weighted by atomic mass is 9.97. The van der Waals surface area contributed by atoms with Gasteiger partial charge in [-0.25, -0.2) is 4.39 Å². The fourth-order valence-corrected chi connectivity index (χ4v) is 2.93. The molecule has 0 fully saturated rings. The van der Waals surface area contributed by atoms with E-state index in [1.165, 1.54) is 6.07 Å². The highest BCUT2D eigenvalue weighted by Crippen LogP contribution is 2.28. The van der Waals surface area contributed by atoms with E-state index in [-0.39, 0.29) is 11.9 Å². The number of benzene rings is 2. The van der Waals surface area contributed by atoms with E-state index in [0.717, 1.165) is 25.6 Å². The maximum atomic E-state index is 13.3. The molecule has 0 aliphatic heterocycles. The number of hydrogen-bond acceptors (Lipinski definition) is 1. The average Bonchev–Trinajstić information content (AvgIpc) is 2.36. The first-order chi connectivity index (χ1) is 8.97. The molecule has 0 saturated carbocycles. The van der Waals surface area contributed by atoms with Crippen LogP contribution < -0.4 is 5.73 Å². The molecule has 0 radical (unpaired) electrons. The van der Waals surface area contributed by atoms with E-state index in [1.807, 2.05) is 25.1 Å². The van der Waals surface area contributed by atoms with Crippen molar-refractivity contribution in [2.75, 3.05) is 0 Å². The zero-order valence-corrected chi connectivity index (χ0v) is 13.6. The molecule has 1 atom stereocenters. The first-order valence-electron chi connectivity index (χ1n) is 5.93. The second-order valence-corrected chi connectivity index (χ2v) is 6.32. The number of hydrogen-bond donors (Lipinski definition) is 1. The van der Waals surface area contributed by atoms with Crippen LogP contribution in [0.5, 0.6) is 0 Å². The minimum absolute atomic E-state index is 0.174. The Hall–Kier alpha value is -0.710. The van der Waals surface area contributed by atoms with E-state index < -0.39 is 0 Å². The number of aryl methyl sites for hydroxylation is 1. The third kappa shape index (κ3) is 3.65. The molecule has 1 unspecified atom stereocenters. The van der Waals surface area contributed by atoms with Crippen molar-refractivity contribution in [3.05, 3.63) is 67.9 Å². The SMILES string of the molecule is Cc1ccc(F)cc1CC(N)c1cc(Br)ccc1Br. The van der Waals surface area contributed by atoms with Crippen molar-refractivity contribution >= 4 is 31.9 Å². The van der Waals surface area contributed by atoms with Crippen LogP contribution in [0, 0.1) is 12.7 Å². The summed E-state index contributed by atoms with van der Waals surface area (Å²) in [7, 11) is 0. The lowest BCUT2D eigenvalue weighted by molar-refractivity contribution is 0.620. The van der Waals surface area contributed by atoms with Gasteiger partial charge in [-0.2, -0.15) is 0 Å². The molecule has 0 bridgehead atoms. The van der Waals surface area contributed by atoms with E-state index in [4.69, 9.17) is 5.73 Å². The molecule has 0 heterocycles. The van der Waals surface area contributed by atoms with Crippen molar-refractivity contribution < 1.29 is 4.39 Å². The summed E-state index contributed by atoms with van der Waals surface area (Å²) in [5, 5.41) is 0. The van der Waals surface area contributed by atoms with Gasteiger partial charge in [0.05, 0.1) is 0 Å². The topological polar surface area (TPSA) is 26.0 Å². The molecule has 0 aliphatic rings. The van der Waals surface area contributed by atoms with Gasteiger partial charge < -0.3 is 5.73 Å². The molecule has 1 nitrogen and oxygen atoms in total.